The highest BCUT2D eigenvalue weighted by Crippen LogP contribution is 2.16. The summed E-state index contributed by atoms with van der Waals surface area (Å²) in [6, 6.07) is 7.75. The van der Waals surface area contributed by atoms with Gasteiger partial charge in [-0.2, -0.15) is 0 Å². The van der Waals surface area contributed by atoms with E-state index in [0.717, 1.165) is 10.5 Å². The molecule has 1 aliphatic heterocycles. The van der Waals surface area contributed by atoms with Gasteiger partial charge in [-0.1, -0.05) is 30.3 Å². The second-order valence-corrected chi connectivity index (χ2v) is 4.25. The van der Waals surface area contributed by atoms with Crippen molar-refractivity contribution in [3.05, 3.63) is 35.9 Å². The van der Waals surface area contributed by atoms with Crippen LogP contribution in [-0.2, 0) is 20.9 Å². The zero-order valence-corrected chi connectivity index (χ0v) is 10.1. The van der Waals surface area contributed by atoms with Crippen molar-refractivity contribution in [2.45, 2.75) is 19.1 Å². The lowest BCUT2D eigenvalue weighted by molar-refractivity contribution is -0.310. The van der Waals surface area contributed by atoms with Gasteiger partial charge in [0.2, 0.25) is 0 Å². The van der Waals surface area contributed by atoms with Crippen molar-refractivity contribution >= 4 is 17.8 Å². The first kappa shape index (κ1) is 13.1. The normalized spacial score (nSPS) is 18.4. The number of nitrogens with zero attached hydrogens (tertiary/aromatic N) is 1. The van der Waals surface area contributed by atoms with Gasteiger partial charge in [-0.15, -0.1) is 0 Å². The monoisotopic (exact) mass is 262 g/mol. The van der Waals surface area contributed by atoms with Crippen molar-refractivity contribution in [3.63, 3.8) is 0 Å². The maximum absolute atomic E-state index is 11.7. The molecular weight excluding hydrogens is 250 g/mol. The molecule has 0 aliphatic carbocycles. The number of carbonyl (C=O) groups is 3. The minimum atomic E-state index is -1.44. The van der Waals surface area contributed by atoms with E-state index < -0.39 is 18.1 Å². The van der Waals surface area contributed by atoms with Gasteiger partial charge in [0.1, 0.15) is 6.61 Å². The van der Waals surface area contributed by atoms with E-state index in [-0.39, 0.29) is 25.4 Å². The van der Waals surface area contributed by atoms with Gasteiger partial charge in [0.15, 0.2) is 5.78 Å². The van der Waals surface area contributed by atoms with Crippen molar-refractivity contribution in [1.82, 2.24) is 4.90 Å². The summed E-state index contributed by atoms with van der Waals surface area (Å²) >= 11 is 0. The first-order chi connectivity index (χ1) is 9.08. The third-order valence-electron chi connectivity index (χ3n) is 2.86. The molecule has 1 aromatic rings. The summed E-state index contributed by atoms with van der Waals surface area (Å²) in [7, 11) is 0. The van der Waals surface area contributed by atoms with Crippen LogP contribution in [0.15, 0.2) is 30.3 Å². The van der Waals surface area contributed by atoms with Crippen LogP contribution in [0.4, 0.5) is 4.79 Å². The van der Waals surface area contributed by atoms with Crippen molar-refractivity contribution in [2.75, 3.05) is 6.54 Å². The van der Waals surface area contributed by atoms with Crippen molar-refractivity contribution in [2.24, 2.45) is 0 Å². The Kier molecular flexibility index (Phi) is 3.79. The van der Waals surface area contributed by atoms with Gasteiger partial charge < -0.3 is 14.6 Å². The van der Waals surface area contributed by atoms with Gasteiger partial charge in [-0.3, -0.25) is 9.69 Å². The van der Waals surface area contributed by atoms with Crippen molar-refractivity contribution in [1.29, 1.82) is 0 Å². The molecule has 1 aliphatic rings. The van der Waals surface area contributed by atoms with Crippen LogP contribution in [0.25, 0.3) is 0 Å². The zero-order chi connectivity index (χ0) is 13.8. The van der Waals surface area contributed by atoms with Gasteiger partial charge in [0, 0.05) is 6.42 Å². The number of ketones is 1. The lowest BCUT2D eigenvalue weighted by Gasteiger charge is -2.23. The van der Waals surface area contributed by atoms with Gasteiger partial charge in [0.25, 0.3) is 0 Å². The summed E-state index contributed by atoms with van der Waals surface area (Å²) in [4.78, 5) is 34.7. The fourth-order valence-corrected chi connectivity index (χ4v) is 1.90. The molecule has 1 fully saturated rings. The molecule has 1 atom stereocenters. The van der Waals surface area contributed by atoms with Crippen molar-refractivity contribution < 1.29 is 24.2 Å². The van der Waals surface area contributed by atoms with E-state index in [4.69, 9.17) is 4.74 Å². The molecule has 0 N–H and O–H groups in total. The van der Waals surface area contributed by atoms with E-state index >= 15 is 0 Å². The Morgan fingerprint density at radius 1 is 1.32 bits per heavy atom. The van der Waals surface area contributed by atoms with Crippen molar-refractivity contribution in [3.8, 4) is 0 Å². The molecule has 0 unspecified atom stereocenters. The fraction of sp³-hybridized carbons (Fsp3) is 0.308. The number of carbonyl (C=O) groups excluding carboxylic acids is 3. The summed E-state index contributed by atoms with van der Waals surface area (Å²) in [5.41, 5.74) is 0.784. The molecule has 0 spiro atoms. The molecule has 0 radical (unpaired) electrons. The number of Topliss-reactive ketones (excluding diaryl/α,β-unsaturated/α-hetero) is 1. The number of carboxylic acids is 1. The number of carboxylic acid groups (broad SMARTS) is 1. The van der Waals surface area contributed by atoms with E-state index in [1.54, 1.807) is 24.3 Å². The molecule has 1 saturated heterocycles. The van der Waals surface area contributed by atoms with Crippen LogP contribution in [0.5, 0.6) is 0 Å². The summed E-state index contributed by atoms with van der Waals surface area (Å²) in [5, 5.41) is 10.8. The van der Waals surface area contributed by atoms with Crippen LogP contribution >= 0.6 is 0 Å². The standard InChI is InChI=1S/C13H13NO5/c15-10-6-11(12(16)17)14(7-10)13(18)19-8-9-4-2-1-3-5-9/h1-5,11H,6-8H2,(H,16,17)/p-1/t11-/m0/s1. The zero-order valence-electron chi connectivity index (χ0n) is 10.1. The predicted molar refractivity (Wildman–Crippen MR) is 61.8 cm³/mol. The topological polar surface area (TPSA) is 86.7 Å². The maximum Gasteiger partial charge on any atom is 0.411 e. The smallest absolute Gasteiger partial charge is 0.411 e. The lowest BCUT2D eigenvalue weighted by Crippen LogP contribution is -2.47. The number of aliphatic carboxylic acids is 1. The Labute approximate surface area is 109 Å². The second-order valence-electron chi connectivity index (χ2n) is 4.25. The van der Waals surface area contributed by atoms with Crippen LogP contribution in [0, 0.1) is 0 Å². The molecule has 0 aromatic heterocycles. The highest BCUT2D eigenvalue weighted by molar-refractivity contribution is 5.94. The largest absolute Gasteiger partial charge is 0.548 e. The Morgan fingerprint density at radius 2 is 2.00 bits per heavy atom. The number of likely N-dealkylation sites (tertiary alicyclic amines) is 1. The number of hydrogen-bond acceptors (Lipinski definition) is 5. The maximum atomic E-state index is 11.7. The number of amides is 1. The quantitative estimate of drug-likeness (QED) is 0.747. The van der Waals surface area contributed by atoms with Crippen LogP contribution in [0.2, 0.25) is 0 Å². The molecular formula is C13H12NO5-. The van der Waals surface area contributed by atoms with Gasteiger partial charge in [-0.05, 0) is 5.56 Å². The summed E-state index contributed by atoms with van der Waals surface area (Å²) in [6.07, 6.45) is -1.04. The highest BCUT2D eigenvalue weighted by atomic mass is 16.6. The predicted octanol–water partition coefficient (Wildman–Crippen LogP) is -0.283. The van der Waals surface area contributed by atoms with Crippen LogP contribution in [0.1, 0.15) is 12.0 Å². The Morgan fingerprint density at radius 3 is 2.63 bits per heavy atom. The number of hydrogen-bond donors (Lipinski definition) is 0. The Hall–Kier alpha value is -2.37. The minimum absolute atomic E-state index is 0.0319. The molecule has 100 valence electrons. The summed E-state index contributed by atoms with van der Waals surface area (Å²) in [5.74, 6) is -1.76. The number of ether oxygens (including phenoxy) is 1. The minimum Gasteiger partial charge on any atom is -0.548 e. The first-order valence-electron chi connectivity index (χ1n) is 5.78. The van der Waals surface area contributed by atoms with Crippen LogP contribution in [0.3, 0.4) is 0 Å². The SMILES string of the molecule is O=C1C[C@@H](C(=O)[O-])N(C(=O)OCc2ccccc2)C1. The van der Waals surface area contributed by atoms with E-state index in [2.05, 4.69) is 0 Å². The summed E-state index contributed by atoms with van der Waals surface area (Å²) in [6.45, 7) is -0.212. The van der Waals surface area contributed by atoms with E-state index in [0.29, 0.717) is 0 Å². The average Bonchev–Trinajstić information content (AvgIpc) is 2.79. The second kappa shape index (κ2) is 5.51. The molecule has 19 heavy (non-hydrogen) atoms. The van der Waals surface area contributed by atoms with Gasteiger partial charge >= 0.3 is 6.09 Å². The van der Waals surface area contributed by atoms with E-state index in [1.807, 2.05) is 6.07 Å². The van der Waals surface area contributed by atoms with Gasteiger partial charge in [-0.25, -0.2) is 4.79 Å². The number of rotatable bonds is 3. The molecule has 1 amide bonds. The molecule has 0 saturated carbocycles. The third-order valence-corrected chi connectivity index (χ3v) is 2.86. The molecule has 1 heterocycles. The molecule has 6 heteroatoms. The first-order valence-corrected chi connectivity index (χ1v) is 5.78. The lowest BCUT2D eigenvalue weighted by atomic mass is 10.2. The van der Waals surface area contributed by atoms with Crippen LogP contribution in [-0.4, -0.2) is 35.3 Å². The summed E-state index contributed by atoms with van der Waals surface area (Å²) < 4.78 is 4.98. The molecule has 1 aromatic carbocycles. The number of benzene rings is 1. The van der Waals surface area contributed by atoms with E-state index in [1.165, 1.54) is 0 Å². The van der Waals surface area contributed by atoms with E-state index in [9.17, 15) is 19.5 Å². The third kappa shape index (κ3) is 3.09. The molecule has 0 bridgehead atoms. The van der Waals surface area contributed by atoms with Gasteiger partial charge in [0.05, 0.1) is 18.6 Å². The molecule has 2 rings (SSSR count). The fourth-order valence-electron chi connectivity index (χ4n) is 1.90. The average molecular weight is 262 g/mol. The Balaban J connectivity index is 1.96. The van der Waals surface area contributed by atoms with Crippen LogP contribution < -0.4 is 5.11 Å². The Bertz CT molecular complexity index is 499. The molecule has 6 nitrogen and oxygen atoms in total. The highest BCUT2D eigenvalue weighted by Gasteiger charge is 2.35.